The molecule has 1 aromatic carbocycles. The topological polar surface area (TPSA) is 66.0 Å². The summed E-state index contributed by atoms with van der Waals surface area (Å²) < 4.78 is 0. The Bertz CT molecular complexity index is 520. The molecule has 0 saturated heterocycles. The van der Waals surface area contributed by atoms with E-state index in [0.29, 0.717) is 5.82 Å². The molecule has 0 spiro atoms. The first-order valence-corrected chi connectivity index (χ1v) is 5.89. The number of carboxylic acids is 1. The number of nitrogens with zero attached hydrogens (tertiary/aromatic N) is 1. The molecule has 2 N–H and O–H groups in total. The highest BCUT2D eigenvalue weighted by atomic mass is 16.4. The second-order valence-electron chi connectivity index (χ2n) is 4.57. The van der Waals surface area contributed by atoms with E-state index in [1.54, 1.807) is 12.4 Å². The average Bonchev–Trinajstić information content (AvgIpc) is 2.84. The minimum atomic E-state index is -1.13. The van der Waals surface area contributed by atoms with Crippen molar-refractivity contribution in [3.63, 3.8) is 0 Å². The minimum Gasteiger partial charge on any atom is -0.480 e. The van der Waals surface area contributed by atoms with Gasteiger partial charge in [0.05, 0.1) is 0 Å². The van der Waals surface area contributed by atoms with Crippen LogP contribution in [0.5, 0.6) is 0 Å². The lowest BCUT2D eigenvalue weighted by Crippen LogP contribution is -2.43. The molecule has 0 amide bonds. The van der Waals surface area contributed by atoms with Gasteiger partial charge in [-0.25, -0.2) is 4.98 Å². The highest BCUT2D eigenvalue weighted by Gasteiger charge is 2.47. The number of hydrogen-bond donors (Lipinski definition) is 2. The number of aromatic nitrogens is 2. The van der Waals surface area contributed by atoms with Crippen LogP contribution in [0.3, 0.4) is 0 Å². The van der Waals surface area contributed by atoms with Gasteiger partial charge in [-0.2, -0.15) is 0 Å². The molecule has 1 unspecified atom stereocenters. The van der Waals surface area contributed by atoms with Gasteiger partial charge in [-0.1, -0.05) is 44.2 Å². The largest absolute Gasteiger partial charge is 0.480 e. The van der Waals surface area contributed by atoms with Gasteiger partial charge in [0, 0.05) is 12.4 Å². The number of carbonyl (C=O) groups is 1. The van der Waals surface area contributed by atoms with E-state index >= 15 is 0 Å². The Labute approximate surface area is 106 Å². The lowest BCUT2D eigenvalue weighted by Gasteiger charge is -2.32. The van der Waals surface area contributed by atoms with Gasteiger partial charge in [0.1, 0.15) is 5.82 Å². The summed E-state index contributed by atoms with van der Waals surface area (Å²) in [6.07, 6.45) is 3.23. The van der Waals surface area contributed by atoms with Gasteiger partial charge < -0.3 is 10.1 Å². The van der Waals surface area contributed by atoms with Gasteiger partial charge in [-0.05, 0) is 11.5 Å². The molecule has 0 bridgehead atoms. The van der Waals surface area contributed by atoms with Gasteiger partial charge in [0.15, 0.2) is 5.41 Å². The van der Waals surface area contributed by atoms with Crippen LogP contribution in [0.25, 0.3) is 0 Å². The predicted molar refractivity (Wildman–Crippen MR) is 68.3 cm³/mol. The summed E-state index contributed by atoms with van der Waals surface area (Å²) in [5, 5.41) is 9.76. The number of aromatic amines is 1. The van der Waals surface area contributed by atoms with E-state index < -0.39 is 11.4 Å². The lowest BCUT2D eigenvalue weighted by molar-refractivity contribution is -0.144. The van der Waals surface area contributed by atoms with Crippen molar-refractivity contribution in [3.05, 3.63) is 54.1 Å². The number of aliphatic carboxylic acids is 1. The van der Waals surface area contributed by atoms with E-state index in [4.69, 9.17) is 0 Å². The van der Waals surface area contributed by atoms with Crippen LogP contribution in [-0.4, -0.2) is 21.0 Å². The fraction of sp³-hybridized carbons (Fsp3) is 0.286. The molecule has 94 valence electrons. The number of H-pyrrole nitrogens is 1. The summed E-state index contributed by atoms with van der Waals surface area (Å²) in [5.41, 5.74) is -0.396. The Morgan fingerprint density at radius 1 is 1.33 bits per heavy atom. The van der Waals surface area contributed by atoms with Crippen LogP contribution in [-0.2, 0) is 10.2 Å². The molecule has 0 aliphatic heterocycles. The molecular formula is C14H16N2O2. The molecule has 0 radical (unpaired) electrons. The summed E-state index contributed by atoms with van der Waals surface area (Å²) in [7, 11) is 0. The summed E-state index contributed by atoms with van der Waals surface area (Å²) in [5.74, 6) is -0.543. The third-order valence-corrected chi connectivity index (χ3v) is 3.30. The molecule has 2 aromatic rings. The number of hydrogen-bond acceptors (Lipinski definition) is 2. The Morgan fingerprint density at radius 3 is 2.44 bits per heavy atom. The van der Waals surface area contributed by atoms with Gasteiger partial charge in [0.2, 0.25) is 0 Å². The van der Waals surface area contributed by atoms with Gasteiger partial charge in [0.25, 0.3) is 0 Å². The Morgan fingerprint density at radius 2 is 2.00 bits per heavy atom. The van der Waals surface area contributed by atoms with Crippen molar-refractivity contribution in [2.45, 2.75) is 19.3 Å². The van der Waals surface area contributed by atoms with Crippen molar-refractivity contribution in [1.82, 2.24) is 9.97 Å². The van der Waals surface area contributed by atoms with Crippen LogP contribution in [0, 0.1) is 5.92 Å². The van der Waals surface area contributed by atoms with Gasteiger partial charge in [-0.3, -0.25) is 4.79 Å². The van der Waals surface area contributed by atoms with Gasteiger partial charge >= 0.3 is 5.97 Å². The van der Waals surface area contributed by atoms with E-state index in [1.165, 1.54) is 0 Å². The molecule has 2 rings (SSSR count). The standard InChI is InChI=1S/C14H16N2O2/c1-10(2)14(13(17)18,12-15-8-9-16-12)11-6-4-3-5-7-11/h3-10H,1-2H3,(H,15,16)(H,17,18). The molecule has 0 aliphatic carbocycles. The number of rotatable bonds is 4. The van der Waals surface area contributed by atoms with Crippen molar-refractivity contribution < 1.29 is 9.90 Å². The maximum atomic E-state index is 11.9. The Balaban J connectivity index is 2.70. The highest BCUT2D eigenvalue weighted by molar-refractivity contribution is 5.85. The van der Waals surface area contributed by atoms with E-state index in [-0.39, 0.29) is 5.92 Å². The minimum absolute atomic E-state index is 0.122. The molecular weight excluding hydrogens is 228 g/mol. The van der Waals surface area contributed by atoms with Gasteiger partial charge in [-0.15, -0.1) is 0 Å². The van der Waals surface area contributed by atoms with E-state index in [2.05, 4.69) is 9.97 Å². The lowest BCUT2D eigenvalue weighted by atomic mass is 9.71. The Hall–Kier alpha value is -2.10. The molecule has 1 atom stereocenters. The smallest absolute Gasteiger partial charge is 0.322 e. The maximum absolute atomic E-state index is 11.9. The van der Waals surface area contributed by atoms with Crippen LogP contribution in [0.1, 0.15) is 25.2 Å². The fourth-order valence-electron chi connectivity index (χ4n) is 2.40. The Kier molecular flexibility index (Phi) is 3.19. The zero-order valence-electron chi connectivity index (χ0n) is 10.4. The van der Waals surface area contributed by atoms with E-state index in [1.807, 2.05) is 44.2 Å². The highest BCUT2D eigenvalue weighted by Crippen LogP contribution is 2.37. The number of nitrogens with one attached hydrogen (secondary N) is 1. The maximum Gasteiger partial charge on any atom is 0.322 e. The molecule has 1 heterocycles. The van der Waals surface area contributed by atoms with E-state index in [0.717, 1.165) is 5.56 Å². The normalized spacial score (nSPS) is 14.4. The first kappa shape index (κ1) is 12.4. The molecule has 0 saturated carbocycles. The second kappa shape index (κ2) is 4.64. The number of benzene rings is 1. The van der Waals surface area contributed by atoms with E-state index in [9.17, 15) is 9.90 Å². The van der Waals surface area contributed by atoms with Crippen molar-refractivity contribution in [2.24, 2.45) is 5.92 Å². The first-order chi connectivity index (χ1) is 8.60. The van der Waals surface area contributed by atoms with Crippen molar-refractivity contribution in [1.29, 1.82) is 0 Å². The van der Waals surface area contributed by atoms with Crippen LogP contribution < -0.4 is 0 Å². The fourth-order valence-corrected chi connectivity index (χ4v) is 2.40. The number of imidazole rings is 1. The zero-order chi connectivity index (χ0) is 13.2. The quantitative estimate of drug-likeness (QED) is 0.868. The summed E-state index contributed by atoms with van der Waals surface area (Å²) in [6, 6.07) is 9.22. The zero-order valence-corrected chi connectivity index (χ0v) is 10.4. The molecule has 4 nitrogen and oxygen atoms in total. The van der Waals surface area contributed by atoms with Crippen molar-refractivity contribution in [2.75, 3.05) is 0 Å². The number of carboxylic acid groups (broad SMARTS) is 1. The molecule has 0 aliphatic rings. The summed E-state index contributed by atoms with van der Waals surface area (Å²) >= 11 is 0. The third-order valence-electron chi connectivity index (χ3n) is 3.30. The van der Waals surface area contributed by atoms with Crippen LogP contribution in [0.2, 0.25) is 0 Å². The summed E-state index contributed by atoms with van der Waals surface area (Å²) in [6.45, 7) is 3.78. The molecule has 1 aromatic heterocycles. The average molecular weight is 244 g/mol. The van der Waals surface area contributed by atoms with Crippen molar-refractivity contribution >= 4 is 5.97 Å². The summed E-state index contributed by atoms with van der Waals surface area (Å²) in [4.78, 5) is 19.0. The van der Waals surface area contributed by atoms with Crippen molar-refractivity contribution in [3.8, 4) is 0 Å². The van der Waals surface area contributed by atoms with Crippen LogP contribution in [0.15, 0.2) is 42.7 Å². The second-order valence-corrected chi connectivity index (χ2v) is 4.57. The SMILES string of the molecule is CC(C)C(C(=O)O)(c1ccccc1)c1ncc[nH]1. The predicted octanol–water partition coefficient (Wildman–Crippen LogP) is 2.44. The first-order valence-electron chi connectivity index (χ1n) is 5.89. The molecule has 0 fully saturated rings. The molecule has 18 heavy (non-hydrogen) atoms. The molecule has 4 heteroatoms. The van der Waals surface area contributed by atoms with Crippen LogP contribution >= 0.6 is 0 Å². The monoisotopic (exact) mass is 244 g/mol. The third kappa shape index (κ3) is 1.70. The van der Waals surface area contributed by atoms with Crippen LogP contribution in [0.4, 0.5) is 0 Å².